The summed E-state index contributed by atoms with van der Waals surface area (Å²) in [5.41, 5.74) is 1.32. The molecule has 5 nitrogen and oxygen atoms in total. The average Bonchev–Trinajstić information content (AvgIpc) is 2.48. The summed E-state index contributed by atoms with van der Waals surface area (Å²) in [6, 6.07) is 10.6. The number of aromatic carboxylic acids is 1. The molecule has 2 aromatic rings. The van der Waals surface area contributed by atoms with Gasteiger partial charge in [0.05, 0.1) is 12.7 Å². The van der Waals surface area contributed by atoms with Gasteiger partial charge in [-0.1, -0.05) is 30.3 Å². The van der Waals surface area contributed by atoms with E-state index in [-0.39, 0.29) is 29.4 Å². The van der Waals surface area contributed by atoms with Crippen molar-refractivity contribution in [3.05, 3.63) is 53.1 Å². The van der Waals surface area contributed by atoms with Crippen molar-refractivity contribution in [2.75, 3.05) is 7.11 Å². The van der Waals surface area contributed by atoms with E-state index in [1.54, 1.807) is 6.92 Å². The van der Waals surface area contributed by atoms with Crippen molar-refractivity contribution in [1.82, 2.24) is 0 Å². The molecule has 21 heavy (non-hydrogen) atoms. The summed E-state index contributed by atoms with van der Waals surface area (Å²) >= 11 is 0. The molecular weight excluding hydrogens is 272 g/mol. The van der Waals surface area contributed by atoms with Crippen LogP contribution in [0.5, 0.6) is 17.2 Å². The Balaban J connectivity index is 2.38. The molecule has 0 heterocycles. The van der Waals surface area contributed by atoms with Gasteiger partial charge in [0.25, 0.3) is 0 Å². The van der Waals surface area contributed by atoms with Crippen LogP contribution in [0, 0.1) is 6.92 Å². The highest BCUT2D eigenvalue weighted by atomic mass is 16.5. The van der Waals surface area contributed by atoms with E-state index in [0.29, 0.717) is 5.56 Å². The largest absolute Gasteiger partial charge is 0.504 e. The predicted octanol–water partition coefficient (Wildman–Crippen LogP) is 2.99. The number of carboxylic acid groups (broad SMARTS) is 1. The van der Waals surface area contributed by atoms with Crippen LogP contribution in [0.25, 0.3) is 0 Å². The van der Waals surface area contributed by atoms with Crippen molar-refractivity contribution in [3.63, 3.8) is 0 Å². The molecule has 0 fully saturated rings. The van der Waals surface area contributed by atoms with Gasteiger partial charge in [-0.15, -0.1) is 0 Å². The van der Waals surface area contributed by atoms with E-state index in [4.69, 9.17) is 14.6 Å². The Hall–Kier alpha value is -2.69. The molecule has 0 aliphatic rings. The SMILES string of the molecule is COc1c(O)cc(C(=O)O)c(C)c1OCc1ccccc1. The van der Waals surface area contributed by atoms with Crippen molar-refractivity contribution in [3.8, 4) is 17.2 Å². The van der Waals surface area contributed by atoms with Crippen molar-refractivity contribution in [1.29, 1.82) is 0 Å². The zero-order valence-corrected chi connectivity index (χ0v) is 11.8. The molecule has 0 spiro atoms. The van der Waals surface area contributed by atoms with E-state index in [1.165, 1.54) is 7.11 Å². The van der Waals surface area contributed by atoms with Gasteiger partial charge in [0.1, 0.15) is 6.61 Å². The van der Waals surface area contributed by atoms with Gasteiger partial charge in [-0.3, -0.25) is 0 Å². The fourth-order valence-corrected chi connectivity index (χ4v) is 2.04. The first kappa shape index (κ1) is 14.7. The first-order chi connectivity index (χ1) is 10.0. The quantitative estimate of drug-likeness (QED) is 0.884. The van der Waals surface area contributed by atoms with Crippen molar-refractivity contribution in [2.24, 2.45) is 0 Å². The van der Waals surface area contributed by atoms with E-state index in [9.17, 15) is 9.90 Å². The van der Waals surface area contributed by atoms with Gasteiger partial charge in [-0.05, 0) is 18.6 Å². The summed E-state index contributed by atoms with van der Waals surface area (Å²) in [7, 11) is 1.39. The number of methoxy groups -OCH3 is 1. The highest BCUT2D eigenvalue weighted by Crippen LogP contribution is 2.41. The van der Waals surface area contributed by atoms with Crippen LogP contribution < -0.4 is 9.47 Å². The number of hydrogen-bond donors (Lipinski definition) is 2. The number of phenolic OH excluding ortho intramolecular Hbond substituents is 1. The van der Waals surface area contributed by atoms with E-state index < -0.39 is 5.97 Å². The Kier molecular flexibility index (Phi) is 4.33. The van der Waals surface area contributed by atoms with Crippen molar-refractivity contribution < 1.29 is 24.5 Å². The standard InChI is InChI=1S/C16H16O5/c1-10-12(16(18)19)8-13(17)15(20-2)14(10)21-9-11-6-4-3-5-7-11/h3-8,17H,9H2,1-2H3,(H,18,19). The van der Waals surface area contributed by atoms with Gasteiger partial charge in [0, 0.05) is 5.56 Å². The summed E-state index contributed by atoms with van der Waals surface area (Å²) in [4.78, 5) is 11.2. The van der Waals surface area contributed by atoms with Crippen LogP contribution in [0.1, 0.15) is 21.5 Å². The fourth-order valence-electron chi connectivity index (χ4n) is 2.04. The molecule has 0 saturated carbocycles. The number of aromatic hydroxyl groups is 1. The van der Waals surface area contributed by atoms with Gasteiger partial charge < -0.3 is 19.7 Å². The summed E-state index contributed by atoms with van der Waals surface area (Å²) < 4.78 is 10.8. The third-order valence-corrected chi connectivity index (χ3v) is 3.13. The van der Waals surface area contributed by atoms with Gasteiger partial charge in [-0.25, -0.2) is 4.79 Å². The molecule has 2 aromatic carbocycles. The van der Waals surface area contributed by atoms with Crippen LogP contribution in [-0.4, -0.2) is 23.3 Å². The van der Waals surface area contributed by atoms with Crippen LogP contribution in [0.4, 0.5) is 0 Å². The highest BCUT2D eigenvalue weighted by molar-refractivity contribution is 5.91. The molecule has 0 aromatic heterocycles. The number of benzene rings is 2. The second kappa shape index (κ2) is 6.17. The lowest BCUT2D eigenvalue weighted by Gasteiger charge is -2.16. The lowest BCUT2D eigenvalue weighted by atomic mass is 10.1. The topological polar surface area (TPSA) is 76.0 Å². The van der Waals surface area contributed by atoms with E-state index in [0.717, 1.165) is 11.6 Å². The number of carboxylic acids is 1. The first-order valence-electron chi connectivity index (χ1n) is 6.35. The minimum Gasteiger partial charge on any atom is -0.504 e. The average molecular weight is 288 g/mol. The molecule has 2 N–H and O–H groups in total. The normalized spacial score (nSPS) is 10.2. The summed E-state index contributed by atoms with van der Waals surface area (Å²) in [5.74, 6) is -1.02. The first-order valence-corrected chi connectivity index (χ1v) is 6.35. The van der Waals surface area contributed by atoms with Gasteiger partial charge >= 0.3 is 5.97 Å². The Morgan fingerprint density at radius 1 is 1.19 bits per heavy atom. The van der Waals surface area contributed by atoms with Crippen LogP contribution in [0.3, 0.4) is 0 Å². The van der Waals surface area contributed by atoms with E-state index in [1.807, 2.05) is 30.3 Å². The second-order valence-corrected chi connectivity index (χ2v) is 4.51. The second-order valence-electron chi connectivity index (χ2n) is 4.51. The van der Waals surface area contributed by atoms with Crippen LogP contribution >= 0.6 is 0 Å². The third kappa shape index (κ3) is 3.08. The third-order valence-electron chi connectivity index (χ3n) is 3.13. The Morgan fingerprint density at radius 3 is 2.43 bits per heavy atom. The van der Waals surface area contributed by atoms with Gasteiger partial charge in [0.15, 0.2) is 11.5 Å². The van der Waals surface area contributed by atoms with Crippen LogP contribution in [0.15, 0.2) is 36.4 Å². The number of carbonyl (C=O) groups is 1. The summed E-state index contributed by atoms with van der Waals surface area (Å²) in [5, 5.41) is 19.0. The molecule has 0 amide bonds. The molecular formula is C16H16O5. The highest BCUT2D eigenvalue weighted by Gasteiger charge is 2.20. The number of rotatable bonds is 5. The fraction of sp³-hybridized carbons (Fsp3) is 0.188. The van der Waals surface area contributed by atoms with Crippen molar-refractivity contribution >= 4 is 5.97 Å². The minimum atomic E-state index is -1.13. The smallest absolute Gasteiger partial charge is 0.336 e. The maximum absolute atomic E-state index is 11.2. The maximum atomic E-state index is 11.2. The van der Waals surface area contributed by atoms with Crippen LogP contribution in [0.2, 0.25) is 0 Å². The van der Waals surface area contributed by atoms with Gasteiger partial charge in [0.2, 0.25) is 5.75 Å². The van der Waals surface area contributed by atoms with Crippen LogP contribution in [-0.2, 0) is 6.61 Å². The molecule has 0 aliphatic carbocycles. The number of ether oxygens (including phenoxy) is 2. The predicted molar refractivity (Wildman–Crippen MR) is 77.1 cm³/mol. The summed E-state index contributed by atoms with van der Waals surface area (Å²) in [6.45, 7) is 1.87. The molecule has 2 rings (SSSR count). The molecule has 110 valence electrons. The zero-order valence-electron chi connectivity index (χ0n) is 11.8. The molecule has 0 saturated heterocycles. The monoisotopic (exact) mass is 288 g/mol. The summed E-state index contributed by atoms with van der Waals surface area (Å²) in [6.07, 6.45) is 0. The maximum Gasteiger partial charge on any atom is 0.336 e. The van der Waals surface area contributed by atoms with E-state index >= 15 is 0 Å². The lowest BCUT2D eigenvalue weighted by Crippen LogP contribution is -2.05. The van der Waals surface area contributed by atoms with Crippen molar-refractivity contribution in [2.45, 2.75) is 13.5 Å². The van der Waals surface area contributed by atoms with Gasteiger partial charge in [-0.2, -0.15) is 0 Å². The zero-order chi connectivity index (χ0) is 15.4. The molecule has 5 heteroatoms. The molecule has 0 bridgehead atoms. The minimum absolute atomic E-state index is 0.0173. The Bertz CT molecular complexity index is 649. The molecule has 0 aliphatic heterocycles. The Morgan fingerprint density at radius 2 is 1.86 bits per heavy atom. The molecule has 0 atom stereocenters. The molecule has 0 radical (unpaired) electrons. The molecule has 0 unspecified atom stereocenters. The lowest BCUT2D eigenvalue weighted by molar-refractivity contribution is 0.0694. The number of phenols is 1. The Labute approximate surface area is 122 Å². The van der Waals surface area contributed by atoms with E-state index in [2.05, 4.69) is 0 Å². The number of hydrogen-bond acceptors (Lipinski definition) is 4.